The first-order chi connectivity index (χ1) is 20.7. The van der Waals surface area contributed by atoms with E-state index >= 15 is 0 Å². The van der Waals surface area contributed by atoms with Gasteiger partial charge in [0.25, 0.3) is 10.0 Å². The number of carbonyl (C=O) groups excluding carboxylic acids is 2. The predicted molar refractivity (Wildman–Crippen MR) is 168 cm³/mol. The molecule has 0 heterocycles. The van der Waals surface area contributed by atoms with E-state index in [0.717, 1.165) is 21.0 Å². The fraction of sp³-hybridized carbons (Fsp3) is 0.235. The van der Waals surface area contributed by atoms with Crippen molar-refractivity contribution in [2.24, 2.45) is 0 Å². The first-order valence-corrected chi connectivity index (χ1v) is 15.6. The molecule has 4 aromatic rings. The Morgan fingerprint density at radius 2 is 1.49 bits per heavy atom. The number of hydrogen-bond acceptors (Lipinski definition) is 5. The van der Waals surface area contributed by atoms with Gasteiger partial charge in [0.2, 0.25) is 11.8 Å². The zero-order chi connectivity index (χ0) is 30.8. The van der Waals surface area contributed by atoms with Gasteiger partial charge in [-0.2, -0.15) is 0 Å². The van der Waals surface area contributed by atoms with Crippen LogP contribution in [0, 0.1) is 6.92 Å². The van der Waals surface area contributed by atoms with E-state index in [2.05, 4.69) is 5.32 Å². The molecule has 224 valence electrons. The number of benzene rings is 4. The van der Waals surface area contributed by atoms with E-state index in [9.17, 15) is 18.0 Å². The molecule has 0 aliphatic rings. The minimum atomic E-state index is -4.13. The number of likely N-dealkylation sites (N-methyl/N-ethyl adjacent to an activating group) is 1. The number of amides is 2. The lowest BCUT2D eigenvalue weighted by Crippen LogP contribution is -2.53. The summed E-state index contributed by atoms with van der Waals surface area (Å²) in [6, 6.07) is 30.8. The summed E-state index contributed by atoms with van der Waals surface area (Å²) in [7, 11) is -2.57. The van der Waals surface area contributed by atoms with E-state index in [1.165, 1.54) is 17.0 Å². The van der Waals surface area contributed by atoms with E-state index in [4.69, 9.17) is 4.74 Å². The van der Waals surface area contributed by atoms with Crippen LogP contribution in [0.4, 0.5) is 5.69 Å². The second kappa shape index (κ2) is 14.5. The second-order valence-corrected chi connectivity index (χ2v) is 12.0. The van der Waals surface area contributed by atoms with Crippen LogP contribution in [-0.2, 0) is 32.6 Å². The fourth-order valence-electron chi connectivity index (χ4n) is 4.85. The molecule has 8 nitrogen and oxygen atoms in total. The molecule has 1 N–H and O–H groups in total. The Bertz CT molecular complexity index is 1630. The van der Waals surface area contributed by atoms with Crippen molar-refractivity contribution in [3.63, 3.8) is 0 Å². The number of hydrogen-bond donors (Lipinski definition) is 1. The quantitative estimate of drug-likeness (QED) is 0.234. The molecule has 0 spiro atoms. The van der Waals surface area contributed by atoms with E-state index in [1.54, 1.807) is 55.6 Å². The number of anilines is 1. The largest absolute Gasteiger partial charge is 0.497 e. The third kappa shape index (κ3) is 8.02. The molecular formula is C34H37N3O5S. The summed E-state index contributed by atoms with van der Waals surface area (Å²) in [5, 5.41) is 2.87. The van der Waals surface area contributed by atoms with Crippen LogP contribution in [-0.4, -0.2) is 51.4 Å². The first-order valence-electron chi connectivity index (χ1n) is 14.1. The number of sulfonamides is 1. The topological polar surface area (TPSA) is 96.0 Å². The van der Waals surface area contributed by atoms with Crippen LogP contribution < -0.4 is 14.4 Å². The van der Waals surface area contributed by atoms with Gasteiger partial charge in [-0.05, 0) is 66.9 Å². The average Bonchev–Trinajstić information content (AvgIpc) is 3.02. The second-order valence-electron chi connectivity index (χ2n) is 10.1. The molecule has 1 atom stereocenters. The van der Waals surface area contributed by atoms with Crippen molar-refractivity contribution < 1.29 is 22.7 Å². The summed E-state index contributed by atoms with van der Waals surface area (Å²) in [4.78, 5) is 29.5. The SMILES string of the molecule is CCNC(=O)C(Cc1ccccc1)N(Cc1cccc(OC)c1)C(=O)CN(c1cccc(C)c1)S(=O)(=O)c1ccccc1. The maximum atomic E-state index is 14.4. The number of methoxy groups -OCH3 is 1. The number of carbonyl (C=O) groups is 2. The van der Waals surface area contributed by atoms with Crippen LogP contribution in [0.3, 0.4) is 0 Å². The summed E-state index contributed by atoms with van der Waals surface area (Å²) >= 11 is 0. The van der Waals surface area contributed by atoms with Crippen molar-refractivity contribution >= 4 is 27.5 Å². The molecule has 0 aliphatic carbocycles. The Balaban J connectivity index is 1.80. The van der Waals surface area contributed by atoms with Gasteiger partial charge in [-0.25, -0.2) is 8.42 Å². The molecule has 0 aliphatic heterocycles. The van der Waals surface area contributed by atoms with Crippen molar-refractivity contribution in [1.29, 1.82) is 0 Å². The molecule has 4 aromatic carbocycles. The standard InChI is InChI=1S/C34H37N3O5S/c1-4-35-34(39)32(23-27-14-7-5-8-15-27)36(24-28-16-12-18-30(22-28)42-3)33(38)25-37(29-17-11-13-26(2)21-29)43(40,41)31-19-9-6-10-20-31/h5-22,32H,4,23-25H2,1-3H3,(H,35,39). The van der Waals surface area contributed by atoms with Crippen molar-refractivity contribution in [2.45, 2.75) is 37.8 Å². The van der Waals surface area contributed by atoms with Gasteiger partial charge in [0, 0.05) is 19.5 Å². The fourth-order valence-corrected chi connectivity index (χ4v) is 6.27. The summed E-state index contributed by atoms with van der Waals surface area (Å²) in [5.74, 6) is -0.234. The molecule has 0 radical (unpaired) electrons. The molecule has 4 rings (SSSR count). The van der Waals surface area contributed by atoms with E-state index in [1.807, 2.05) is 62.4 Å². The molecule has 43 heavy (non-hydrogen) atoms. The van der Waals surface area contributed by atoms with E-state index in [0.29, 0.717) is 18.0 Å². The minimum absolute atomic E-state index is 0.0632. The maximum absolute atomic E-state index is 14.4. The van der Waals surface area contributed by atoms with E-state index in [-0.39, 0.29) is 23.8 Å². The third-order valence-corrected chi connectivity index (χ3v) is 8.80. The van der Waals surface area contributed by atoms with E-state index < -0.39 is 28.5 Å². The number of ether oxygens (including phenoxy) is 1. The molecule has 0 aromatic heterocycles. The van der Waals surface area contributed by atoms with Crippen molar-refractivity contribution in [3.8, 4) is 5.75 Å². The molecule has 0 saturated heterocycles. The summed E-state index contributed by atoms with van der Waals surface area (Å²) in [6.07, 6.45) is 0.248. The van der Waals surface area contributed by atoms with Gasteiger partial charge < -0.3 is 15.0 Å². The minimum Gasteiger partial charge on any atom is -0.497 e. The third-order valence-electron chi connectivity index (χ3n) is 7.01. The number of aryl methyl sites for hydroxylation is 1. The Labute approximate surface area is 254 Å². The van der Waals surface area contributed by atoms with Gasteiger partial charge in [-0.3, -0.25) is 13.9 Å². The molecule has 0 saturated carbocycles. The lowest BCUT2D eigenvalue weighted by Gasteiger charge is -2.34. The predicted octanol–water partition coefficient (Wildman–Crippen LogP) is 4.98. The molecule has 0 fully saturated rings. The van der Waals surface area contributed by atoms with Crippen LogP contribution in [0.5, 0.6) is 5.75 Å². The Kier molecular flexibility index (Phi) is 10.6. The smallest absolute Gasteiger partial charge is 0.264 e. The van der Waals surface area contributed by atoms with Crippen LogP contribution in [0.2, 0.25) is 0 Å². The molecule has 1 unspecified atom stereocenters. The summed E-state index contributed by atoms with van der Waals surface area (Å²) in [5.41, 5.74) is 2.81. The van der Waals surface area contributed by atoms with Gasteiger partial charge in [0.15, 0.2) is 0 Å². The summed E-state index contributed by atoms with van der Waals surface area (Å²) < 4.78 is 34.5. The number of rotatable bonds is 13. The monoisotopic (exact) mass is 599 g/mol. The van der Waals surface area contributed by atoms with Crippen LogP contribution in [0.25, 0.3) is 0 Å². The molecular weight excluding hydrogens is 562 g/mol. The zero-order valence-corrected chi connectivity index (χ0v) is 25.5. The Morgan fingerprint density at radius 1 is 0.837 bits per heavy atom. The van der Waals surface area contributed by atoms with Crippen molar-refractivity contribution in [1.82, 2.24) is 10.2 Å². The normalized spacial score (nSPS) is 11.8. The Morgan fingerprint density at radius 3 is 2.14 bits per heavy atom. The highest BCUT2D eigenvalue weighted by Crippen LogP contribution is 2.26. The lowest BCUT2D eigenvalue weighted by molar-refractivity contribution is -0.140. The molecule has 9 heteroatoms. The summed E-state index contributed by atoms with van der Waals surface area (Å²) in [6.45, 7) is 3.62. The van der Waals surface area contributed by atoms with Gasteiger partial charge in [0.05, 0.1) is 17.7 Å². The van der Waals surface area contributed by atoms with Crippen LogP contribution >= 0.6 is 0 Å². The highest BCUT2D eigenvalue weighted by molar-refractivity contribution is 7.92. The van der Waals surface area contributed by atoms with Crippen LogP contribution in [0.1, 0.15) is 23.6 Å². The molecule has 0 bridgehead atoms. The first kappa shape index (κ1) is 31.3. The van der Waals surface area contributed by atoms with Gasteiger partial charge in [0.1, 0.15) is 18.3 Å². The van der Waals surface area contributed by atoms with Crippen LogP contribution in [0.15, 0.2) is 114 Å². The van der Waals surface area contributed by atoms with Gasteiger partial charge in [-0.15, -0.1) is 0 Å². The van der Waals surface area contributed by atoms with Crippen molar-refractivity contribution in [2.75, 3.05) is 24.5 Å². The molecule has 2 amide bonds. The number of nitrogens with zero attached hydrogens (tertiary/aromatic N) is 2. The highest BCUT2D eigenvalue weighted by atomic mass is 32.2. The maximum Gasteiger partial charge on any atom is 0.264 e. The van der Waals surface area contributed by atoms with Crippen molar-refractivity contribution in [3.05, 3.63) is 126 Å². The van der Waals surface area contributed by atoms with Gasteiger partial charge >= 0.3 is 0 Å². The van der Waals surface area contributed by atoms with Gasteiger partial charge in [-0.1, -0.05) is 72.8 Å². The average molecular weight is 600 g/mol. The Hall–Kier alpha value is -4.63. The lowest BCUT2D eigenvalue weighted by atomic mass is 10.0. The number of nitrogens with one attached hydrogen (secondary N) is 1. The zero-order valence-electron chi connectivity index (χ0n) is 24.6. The highest BCUT2D eigenvalue weighted by Gasteiger charge is 2.34.